The number of amides is 2. The third-order valence-corrected chi connectivity index (χ3v) is 6.70. The van der Waals surface area contributed by atoms with Crippen LogP contribution in [0, 0.1) is 49.4 Å². The normalized spacial score (nSPS) is 38.3. The second-order valence-corrected chi connectivity index (χ2v) is 7.89. The molecule has 24 heavy (non-hydrogen) atoms. The predicted molar refractivity (Wildman–Crippen MR) is 91.0 cm³/mol. The second kappa shape index (κ2) is 4.71. The van der Waals surface area contributed by atoms with Gasteiger partial charge in [-0.25, -0.2) is 0 Å². The molecule has 4 aliphatic carbocycles. The summed E-state index contributed by atoms with van der Waals surface area (Å²) in [5.74, 6) is 1.78. The van der Waals surface area contributed by atoms with Gasteiger partial charge in [0.05, 0.1) is 18.5 Å². The van der Waals surface area contributed by atoms with E-state index in [2.05, 4.69) is 43.4 Å². The molecule has 6 atom stereocenters. The molecule has 0 spiro atoms. The molecule has 2 amide bonds. The van der Waals surface area contributed by atoms with Crippen LogP contribution in [-0.4, -0.2) is 23.4 Å². The van der Waals surface area contributed by atoms with Gasteiger partial charge in [-0.1, -0.05) is 18.2 Å². The van der Waals surface area contributed by atoms with Crippen LogP contribution in [0.1, 0.15) is 17.5 Å². The van der Waals surface area contributed by atoms with Crippen LogP contribution in [0.2, 0.25) is 0 Å². The molecule has 1 N–H and O–H groups in total. The van der Waals surface area contributed by atoms with Gasteiger partial charge >= 0.3 is 0 Å². The zero-order valence-electron chi connectivity index (χ0n) is 14.0. The van der Waals surface area contributed by atoms with Crippen LogP contribution in [-0.2, 0) is 9.59 Å². The number of hydrogen-bond acceptors (Lipinski definition) is 3. The molecular formula is C20H22N2O2. The molecule has 0 radical (unpaired) electrons. The lowest BCUT2D eigenvalue weighted by Crippen LogP contribution is -2.40. The lowest BCUT2D eigenvalue weighted by Gasteiger charge is -2.37. The van der Waals surface area contributed by atoms with Gasteiger partial charge in [-0.3, -0.25) is 14.5 Å². The molecule has 5 aliphatic rings. The Morgan fingerprint density at radius 3 is 2.21 bits per heavy atom. The van der Waals surface area contributed by atoms with E-state index >= 15 is 0 Å². The van der Waals surface area contributed by atoms with E-state index in [4.69, 9.17) is 0 Å². The summed E-state index contributed by atoms with van der Waals surface area (Å²) in [7, 11) is 0. The van der Waals surface area contributed by atoms with Crippen molar-refractivity contribution in [3.63, 3.8) is 0 Å². The van der Waals surface area contributed by atoms with Gasteiger partial charge in [0.1, 0.15) is 0 Å². The lowest BCUT2D eigenvalue weighted by molar-refractivity contribution is -0.139. The Kier molecular flexibility index (Phi) is 2.80. The van der Waals surface area contributed by atoms with Gasteiger partial charge in [0.15, 0.2) is 0 Å². The third-order valence-electron chi connectivity index (χ3n) is 6.70. The Bertz CT molecular complexity index is 748. The third kappa shape index (κ3) is 1.80. The van der Waals surface area contributed by atoms with Gasteiger partial charge in [-0.05, 0) is 67.2 Å². The number of likely N-dealkylation sites (tertiary alicyclic amines) is 1. The number of benzene rings is 1. The maximum Gasteiger partial charge on any atom is 0.235 e. The number of hydrogen-bond donors (Lipinski definition) is 1. The molecule has 124 valence electrons. The first-order valence-electron chi connectivity index (χ1n) is 8.91. The zero-order chi connectivity index (χ0) is 16.6. The molecule has 6 rings (SSSR count). The first-order valence-corrected chi connectivity index (χ1v) is 8.91. The van der Waals surface area contributed by atoms with E-state index < -0.39 is 0 Å². The van der Waals surface area contributed by atoms with E-state index in [-0.39, 0.29) is 30.3 Å². The summed E-state index contributed by atoms with van der Waals surface area (Å²) in [5, 5.41) is 3.26. The number of nitrogens with zero attached hydrogens (tertiary/aromatic N) is 1. The van der Waals surface area contributed by atoms with Gasteiger partial charge in [0.2, 0.25) is 11.8 Å². The Hall–Kier alpha value is -2.10. The van der Waals surface area contributed by atoms with E-state index in [1.807, 2.05) is 6.07 Å². The standard InChI is InChI=1S/C20H22N2O2/c1-10-3-4-12(7-11(10)2)21-9-22-19(23)17-13-5-6-14(16-8-15(13)16)18(17)20(22)24/h3-7,13-18,21H,8-9H2,1-2H3/t13-,14-,15+,16+,17-,18+/m1/s1. The quantitative estimate of drug-likeness (QED) is 0.688. The van der Waals surface area contributed by atoms with Gasteiger partial charge in [0, 0.05) is 5.69 Å². The number of anilines is 1. The Labute approximate surface area is 141 Å². The number of imide groups is 1. The highest BCUT2D eigenvalue weighted by Gasteiger charge is 2.66. The maximum absolute atomic E-state index is 12.9. The van der Waals surface area contributed by atoms with Crippen molar-refractivity contribution in [1.29, 1.82) is 0 Å². The minimum absolute atomic E-state index is 0.0334. The van der Waals surface area contributed by atoms with Crippen molar-refractivity contribution in [2.24, 2.45) is 35.5 Å². The lowest BCUT2D eigenvalue weighted by atomic mass is 9.63. The van der Waals surface area contributed by atoms with Crippen LogP contribution in [0.25, 0.3) is 0 Å². The molecule has 4 nitrogen and oxygen atoms in total. The van der Waals surface area contributed by atoms with Crippen molar-refractivity contribution < 1.29 is 9.59 Å². The number of allylic oxidation sites excluding steroid dienone is 2. The largest absolute Gasteiger partial charge is 0.367 e. The fourth-order valence-corrected chi connectivity index (χ4v) is 5.20. The molecule has 0 unspecified atom stereocenters. The predicted octanol–water partition coefficient (Wildman–Crippen LogP) is 2.73. The fourth-order valence-electron chi connectivity index (χ4n) is 5.20. The number of aryl methyl sites for hydroxylation is 2. The minimum atomic E-state index is -0.0993. The van der Waals surface area contributed by atoms with E-state index in [1.165, 1.54) is 22.4 Å². The van der Waals surface area contributed by atoms with Crippen molar-refractivity contribution >= 4 is 17.5 Å². The van der Waals surface area contributed by atoms with Crippen molar-refractivity contribution in [3.8, 4) is 0 Å². The Balaban J connectivity index is 1.36. The molecule has 1 aliphatic heterocycles. The minimum Gasteiger partial charge on any atom is -0.367 e. The second-order valence-electron chi connectivity index (χ2n) is 7.89. The topological polar surface area (TPSA) is 49.4 Å². The molecule has 2 bridgehead atoms. The Morgan fingerprint density at radius 2 is 1.62 bits per heavy atom. The molecule has 3 fully saturated rings. The highest BCUT2D eigenvalue weighted by atomic mass is 16.2. The zero-order valence-corrected chi connectivity index (χ0v) is 14.0. The van der Waals surface area contributed by atoms with Gasteiger partial charge < -0.3 is 5.32 Å². The summed E-state index contributed by atoms with van der Waals surface area (Å²) in [4.78, 5) is 27.2. The summed E-state index contributed by atoms with van der Waals surface area (Å²) in [6, 6.07) is 6.12. The number of rotatable bonds is 3. The van der Waals surface area contributed by atoms with Crippen molar-refractivity contribution in [1.82, 2.24) is 4.90 Å². The van der Waals surface area contributed by atoms with Crippen LogP contribution < -0.4 is 5.32 Å². The summed E-state index contributed by atoms with van der Waals surface area (Å²) >= 11 is 0. The van der Waals surface area contributed by atoms with Crippen LogP contribution in [0.3, 0.4) is 0 Å². The van der Waals surface area contributed by atoms with Gasteiger partial charge in [-0.15, -0.1) is 0 Å². The van der Waals surface area contributed by atoms with Crippen molar-refractivity contribution in [2.45, 2.75) is 20.3 Å². The fraction of sp³-hybridized carbons (Fsp3) is 0.500. The molecule has 2 saturated carbocycles. The molecule has 0 aromatic heterocycles. The average Bonchev–Trinajstić information content (AvgIpc) is 3.35. The number of nitrogens with one attached hydrogen (secondary N) is 1. The van der Waals surface area contributed by atoms with E-state index in [0.29, 0.717) is 23.7 Å². The summed E-state index contributed by atoms with van der Waals surface area (Å²) < 4.78 is 0. The SMILES string of the molecule is Cc1ccc(NCN2C(=O)[C@@H]3[C@@H]4C=C[C@H]([C@@H]5C[C@@H]45)[C@@H]3C2=O)cc1C. The molecular weight excluding hydrogens is 300 g/mol. The number of carbonyl (C=O) groups is 2. The van der Waals surface area contributed by atoms with Crippen LogP contribution in [0.15, 0.2) is 30.4 Å². The molecule has 1 saturated heterocycles. The highest BCUT2D eigenvalue weighted by Crippen LogP contribution is 2.65. The summed E-state index contributed by atoms with van der Waals surface area (Å²) in [5.41, 5.74) is 3.40. The summed E-state index contributed by atoms with van der Waals surface area (Å²) in [6.45, 7) is 4.42. The Morgan fingerprint density at radius 1 is 1.00 bits per heavy atom. The highest BCUT2D eigenvalue weighted by molar-refractivity contribution is 6.06. The molecule has 1 aromatic carbocycles. The molecule has 4 heteroatoms. The van der Waals surface area contributed by atoms with E-state index in [0.717, 1.165) is 5.69 Å². The molecule has 1 aromatic rings. The van der Waals surface area contributed by atoms with Crippen LogP contribution >= 0.6 is 0 Å². The first-order chi connectivity index (χ1) is 11.6. The monoisotopic (exact) mass is 322 g/mol. The van der Waals surface area contributed by atoms with E-state index in [1.54, 1.807) is 0 Å². The van der Waals surface area contributed by atoms with Crippen LogP contribution in [0.4, 0.5) is 5.69 Å². The van der Waals surface area contributed by atoms with Gasteiger partial charge in [-0.2, -0.15) is 0 Å². The van der Waals surface area contributed by atoms with E-state index in [9.17, 15) is 9.59 Å². The van der Waals surface area contributed by atoms with Crippen LogP contribution in [0.5, 0.6) is 0 Å². The summed E-state index contributed by atoms with van der Waals surface area (Å²) in [6.07, 6.45) is 5.63. The number of carbonyl (C=O) groups excluding carboxylic acids is 2. The maximum atomic E-state index is 12.9. The average molecular weight is 322 g/mol. The smallest absolute Gasteiger partial charge is 0.235 e. The van der Waals surface area contributed by atoms with Crippen molar-refractivity contribution in [2.75, 3.05) is 12.0 Å². The van der Waals surface area contributed by atoms with Crippen molar-refractivity contribution in [3.05, 3.63) is 41.5 Å². The first kappa shape index (κ1) is 14.3. The van der Waals surface area contributed by atoms with Gasteiger partial charge in [0.25, 0.3) is 0 Å². The molecule has 1 heterocycles.